The third kappa shape index (κ3) is 6.72. The van der Waals surface area contributed by atoms with Gasteiger partial charge in [0.25, 0.3) is 11.5 Å². The molecule has 0 bridgehead atoms. The van der Waals surface area contributed by atoms with Gasteiger partial charge in [0.1, 0.15) is 30.8 Å². The highest BCUT2D eigenvalue weighted by molar-refractivity contribution is 5.92. The van der Waals surface area contributed by atoms with E-state index in [-0.39, 0.29) is 37.6 Å². The van der Waals surface area contributed by atoms with Gasteiger partial charge in [-0.1, -0.05) is 24.3 Å². The predicted molar refractivity (Wildman–Crippen MR) is 124 cm³/mol. The zero-order valence-electron chi connectivity index (χ0n) is 19.0. The first-order valence-corrected chi connectivity index (χ1v) is 10.6. The van der Waals surface area contributed by atoms with Crippen LogP contribution in [0.15, 0.2) is 65.5 Å². The van der Waals surface area contributed by atoms with Crippen LogP contribution in [0.5, 0.6) is 23.0 Å². The maximum absolute atomic E-state index is 12.5. The molecule has 2 N–H and O–H groups in total. The van der Waals surface area contributed by atoms with Gasteiger partial charge in [0.15, 0.2) is 11.5 Å². The molecule has 1 amide bonds. The molecule has 1 heterocycles. The maximum Gasteiger partial charge on any atom is 0.271 e. The molecule has 10 nitrogen and oxygen atoms in total. The van der Waals surface area contributed by atoms with Crippen molar-refractivity contribution >= 4 is 5.91 Å². The van der Waals surface area contributed by atoms with Crippen LogP contribution in [0.2, 0.25) is 0 Å². The molecule has 0 aliphatic carbocycles. The van der Waals surface area contributed by atoms with Gasteiger partial charge < -0.3 is 29.4 Å². The second-order valence-corrected chi connectivity index (χ2v) is 7.11. The minimum absolute atomic E-state index is 0.0406. The van der Waals surface area contributed by atoms with Crippen molar-refractivity contribution < 1.29 is 28.8 Å². The van der Waals surface area contributed by atoms with E-state index < -0.39 is 12.0 Å². The number of rotatable bonds is 12. The lowest BCUT2D eigenvalue weighted by molar-refractivity contribution is 0.0828. The Morgan fingerprint density at radius 1 is 1.00 bits per heavy atom. The highest BCUT2D eigenvalue weighted by Crippen LogP contribution is 2.36. The van der Waals surface area contributed by atoms with Crippen molar-refractivity contribution in [2.75, 3.05) is 34.0 Å². The Labute approximate surface area is 196 Å². The summed E-state index contributed by atoms with van der Waals surface area (Å²) in [7, 11) is 3.00. The number of aliphatic hydroxyl groups is 1. The quantitative estimate of drug-likeness (QED) is 0.410. The molecule has 1 atom stereocenters. The summed E-state index contributed by atoms with van der Waals surface area (Å²) in [6.45, 7) is 0.186. The van der Waals surface area contributed by atoms with Gasteiger partial charge in [-0.25, -0.2) is 4.68 Å². The summed E-state index contributed by atoms with van der Waals surface area (Å²) in [6.07, 6.45) is -1.01. The number of hydrogen-bond donors (Lipinski definition) is 2. The summed E-state index contributed by atoms with van der Waals surface area (Å²) in [4.78, 5) is 24.5. The molecule has 0 saturated carbocycles. The van der Waals surface area contributed by atoms with Crippen LogP contribution in [0.25, 0.3) is 0 Å². The Balaban J connectivity index is 1.51. The van der Waals surface area contributed by atoms with Gasteiger partial charge in [-0.3, -0.25) is 9.59 Å². The third-order valence-corrected chi connectivity index (χ3v) is 4.72. The number of aliphatic hydroxyl groups excluding tert-OH is 1. The summed E-state index contributed by atoms with van der Waals surface area (Å²) in [5.74, 6) is 1.40. The average Bonchev–Trinajstić information content (AvgIpc) is 2.87. The molecule has 0 saturated heterocycles. The van der Waals surface area contributed by atoms with E-state index in [0.717, 1.165) is 4.68 Å². The number of nitrogens with zero attached hydrogens (tertiary/aromatic N) is 2. The van der Waals surface area contributed by atoms with Crippen LogP contribution in [0.4, 0.5) is 0 Å². The average molecular weight is 469 g/mol. The lowest BCUT2D eigenvalue weighted by atomic mass is 10.3. The molecular formula is C24H27N3O7. The van der Waals surface area contributed by atoms with E-state index in [1.54, 1.807) is 30.3 Å². The SMILES string of the molecule is COc1cccc(OC)c1OCC(O)CNC(=O)c1ccc(=O)n(CCOc2ccccc2)n1. The van der Waals surface area contributed by atoms with E-state index in [1.807, 2.05) is 18.2 Å². The molecule has 3 rings (SSSR count). The largest absolute Gasteiger partial charge is 0.493 e. The molecule has 180 valence electrons. The van der Waals surface area contributed by atoms with E-state index in [0.29, 0.717) is 23.0 Å². The number of methoxy groups -OCH3 is 2. The predicted octanol–water partition coefficient (Wildman–Crippen LogP) is 1.51. The zero-order valence-corrected chi connectivity index (χ0v) is 19.0. The van der Waals surface area contributed by atoms with Gasteiger partial charge in [-0.15, -0.1) is 0 Å². The lowest BCUT2D eigenvalue weighted by Gasteiger charge is -2.17. The number of benzene rings is 2. The van der Waals surface area contributed by atoms with Crippen LogP contribution in [0.3, 0.4) is 0 Å². The van der Waals surface area contributed by atoms with E-state index in [9.17, 15) is 14.7 Å². The highest BCUT2D eigenvalue weighted by Gasteiger charge is 2.16. The maximum atomic E-state index is 12.5. The molecule has 0 fully saturated rings. The Kier molecular flexibility index (Phi) is 8.87. The van der Waals surface area contributed by atoms with Crippen LogP contribution in [-0.4, -0.2) is 60.9 Å². The molecule has 0 radical (unpaired) electrons. The van der Waals surface area contributed by atoms with Crippen molar-refractivity contribution in [2.24, 2.45) is 0 Å². The smallest absolute Gasteiger partial charge is 0.271 e. The van der Waals surface area contributed by atoms with Crippen molar-refractivity contribution in [1.29, 1.82) is 0 Å². The number of aromatic nitrogens is 2. The summed E-state index contributed by atoms with van der Waals surface area (Å²) in [6, 6.07) is 16.9. The van der Waals surface area contributed by atoms with Gasteiger partial charge in [-0.05, 0) is 30.3 Å². The second kappa shape index (κ2) is 12.3. The number of nitrogens with one attached hydrogen (secondary N) is 1. The molecule has 34 heavy (non-hydrogen) atoms. The molecule has 3 aromatic rings. The summed E-state index contributed by atoms with van der Waals surface area (Å²) < 4.78 is 22.9. The summed E-state index contributed by atoms with van der Waals surface area (Å²) in [5, 5.41) is 16.9. The fourth-order valence-electron chi connectivity index (χ4n) is 3.00. The van der Waals surface area contributed by atoms with Gasteiger partial charge in [0.2, 0.25) is 5.75 Å². The Morgan fingerprint density at radius 2 is 1.71 bits per heavy atom. The monoisotopic (exact) mass is 469 g/mol. The first-order valence-electron chi connectivity index (χ1n) is 10.6. The topological polar surface area (TPSA) is 121 Å². The Bertz CT molecular complexity index is 1110. The lowest BCUT2D eigenvalue weighted by Crippen LogP contribution is -2.37. The van der Waals surface area contributed by atoms with Crippen LogP contribution in [0, 0.1) is 0 Å². The number of carbonyl (C=O) groups excluding carboxylic acids is 1. The van der Waals surface area contributed by atoms with E-state index in [1.165, 1.54) is 26.4 Å². The van der Waals surface area contributed by atoms with Crippen molar-refractivity contribution in [3.8, 4) is 23.0 Å². The van der Waals surface area contributed by atoms with E-state index in [2.05, 4.69) is 10.4 Å². The summed E-state index contributed by atoms with van der Waals surface area (Å²) in [5.41, 5.74) is -0.314. The summed E-state index contributed by atoms with van der Waals surface area (Å²) >= 11 is 0. The van der Waals surface area contributed by atoms with Crippen molar-refractivity contribution in [1.82, 2.24) is 15.1 Å². The molecule has 10 heteroatoms. The fourth-order valence-corrected chi connectivity index (χ4v) is 3.00. The van der Waals surface area contributed by atoms with Crippen LogP contribution >= 0.6 is 0 Å². The highest BCUT2D eigenvalue weighted by atomic mass is 16.5. The van der Waals surface area contributed by atoms with Gasteiger partial charge in [0, 0.05) is 12.6 Å². The number of hydrogen-bond acceptors (Lipinski definition) is 8. The molecule has 0 aliphatic heterocycles. The number of para-hydroxylation sites is 2. The van der Waals surface area contributed by atoms with Crippen LogP contribution < -0.4 is 29.8 Å². The standard InChI is InChI=1S/C24H27N3O7/c1-31-20-9-6-10-21(32-2)23(20)34-16-17(28)15-25-24(30)19-11-12-22(29)27(26-19)13-14-33-18-7-4-3-5-8-18/h3-12,17,28H,13-16H2,1-2H3,(H,25,30). The van der Waals surface area contributed by atoms with Gasteiger partial charge in [-0.2, -0.15) is 5.10 Å². The van der Waals surface area contributed by atoms with Gasteiger partial charge >= 0.3 is 0 Å². The van der Waals surface area contributed by atoms with Crippen LogP contribution in [-0.2, 0) is 6.54 Å². The van der Waals surface area contributed by atoms with Crippen molar-refractivity contribution in [3.05, 3.63) is 76.7 Å². The van der Waals surface area contributed by atoms with E-state index >= 15 is 0 Å². The molecule has 0 spiro atoms. The van der Waals surface area contributed by atoms with Crippen molar-refractivity contribution in [2.45, 2.75) is 12.6 Å². The molecule has 1 unspecified atom stereocenters. The first-order chi connectivity index (χ1) is 16.5. The molecular weight excluding hydrogens is 442 g/mol. The van der Waals surface area contributed by atoms with Crippen LogP contribution in [0.1, 0.15) is 10.5 Å². The molecule has 1 aromatic heterocycles. The second-order valence-electron chi connectivity index (χ2n) is 7.11. The van der Waals surface area contributed by atoms with Gasteiger partial charge in [0.05, 0.1) is 20.8 Å². The third-order valence-electron chi connectivity index (χ3n) is 4.72. The Hall–Kier alpha value is -4.05. The molecule has 0 aliphatic rings. The minimum atomic E-state index is -1.01. The fraction of sp³-hybridized carbons (Fsp3) is 0.292. The zero-order chi connectivity index (χ0) is 24.3. The Morgan fingerprint density at radius 3 is 2.38 bits per heavy atom. The molecule has 2 aromatic carbocycles. The van der Waals surface area contributed by atoms with E-state index in [4.69, 9.17) is 18.9 Å². The first kappa shape index (κ1) is 24.6. The number of carbonyl (C=O) groups is 1. The van der Waals surface area contributed by atoms with Crippen molar-refractivity contribution in [3.63, 3.8) is 0 Å². The minimum Gasteiger partial charge on any atom is -0.493 e. The normalized spacial score (nSPS) is 11.4. The number of amides is 1. The number of ether oxygens (including phenoxy) is 4.